The van der Waals surface area contributed by atoms with Gasteiger partial charge in [0, 0.05) is 40.7 Å². The number of benzene rings is 3. The minimum Gasteiger partial charge on any atom is -0.497 e. The average Bonchev–Trinajstić information content (AvgIpc) is 3.27. The van der Waals surface area contributed by atoms with Gasteiger partial charge in [-0.25, -0.2) is 13.1 Å². The highest BCUT2D eigenvalue weighted by Gasteiger charge is 2.30. The standard InChI is InChI=1S/C38H45N3O5S/c1-25(2)47(43,44)39-38(42)27-15-17-33-34(23-27)41-24-29(31-13-9-10-14-35(31)46-20-19-40(3)4)21-28-22-30(45-5)16-18-32(28)37(41)36(33)26-11-7-6-8-12-26/h9-10,13-18,21-23,25-26H,6-8,11-12,19-20,24H2,1-5H3,(H,39,42). The molecule has 0 bridgehead atoms. The van der Waals surface area contributed by atoms with Gasteiger partial charge in [-0.05, 0) is 106 Å². The van der Waals surface area contributed by atoms with Gasteiger partial charge in [0.2, 0.25) is 10.0 Å². The second-order valence-electron chi connectivity index (χ2n) is 13.2. The molecule has 248 valence electrons. The number of sulfonamides is 1. The first-order valence-electron chi connectivity index (χ1n) is 16.6. The molecule has 8 nitrogen and oxygen atoms in total. The molecule has 2 heterocycles. The van der Waals surface area contributed by atoms with Crippen molar-refractivity contribution < 1.29 is 22.7 Å². The number of para-hydroxylation sites is 1. The van der Waals surface area contributed by atoms with Gasteiger partial charge in [-0.3, -0.25) is 4.79 Å². The van der Waals surface area contributed by atoms with Crippen LogP contribution in [0.25, 0.3) is 33.8 Å². The van der Waals surface area contributed by atoms with E-state index in [0.29, 0.717) is 24.6 Å². The van der Waals surface area contributed by atoms with Crippen molar-refractivity contribution in [3.05, 3.63) is 82.9 Å². The number of hydrogen-bond acceptors (Lipinski definition) is 6. The summed E-state index contributed by atoms with van der Waals surface area (Å²) in [5.74, 6) is 1.35. The van der Waals surface area contributed by atoms with Crippen LogP contribution in [0.2, 0.25) is 0 Å². The van der Waals surface area contributed by atoms with E-state index in [0.717, 1.165) is 69.7 Å². The molecule has 1 aliphatic carbocycles. The van der Waals surface area contributed by atoms with Crippen LogP contribution in [0.5, 0.6) is 11.5 Å². The van der Waals surface area contributed by atoms with Gasteiger partial charge in [0.1, 0.15) is 18.1 Å². The molecule has 0 saturated heterocycles. The van der Waals surface area contributed by atoms with Gasteiger partial charge in [0.05, 0.1) is 18.1 Å². The molecular weight excluding hydrogens is 611 g/mol. The lowest BCUT2D eigenvalue weighted by Crippen LogP contribution is -2.35. The van der Waals surface area contributed by atoms with Crippen molar-refractivity contribution in [1.29, 1.82) is 0 Å². The quantitative estimate of drug-likeness (QED) is 0.193. The molecule has 1 aliphatic heterocycles. The normalized spacial score (nSPS) is 15.3. The van der Waals surface area contributed by atoms with E-state index in [1.807, 2.05) is 50.5 Å². The number of nitrogens with zero attached hydrogens (tertiary/aromatic N) is 2. The van der Waals surface area contributed by atoms with Gasteiger partial charge >= 0.3 is 0 Å². The van der Waals surface area contributed by atoms with Gasteiger partial charge in [-0.1, -0.05) is 43.5 Å². The van der Waals surface area contributed by atoms with Crippen molar-refractivity contribution in [3.8, 4) is 22.8 Å². The zero-order valence-electron chi connectivity index (χ0n) is 28.0. The third kappa shape index (κ3) is 6.69. The molecule has 6 rings (SSSR count). The molecule has 0 unspecified atom stereocenters. The third-order valence-corrected chi connectivity index (χ3v) is 11.1. The van der Waals surface area contributed by atoms with Crippen molar-refractivity contribution in [2.45, 2.75) is 63.7 Å². The van der Waals surface area contributed by atoms with Crippen LogP contribution in [0, 0.1) is 0 Å². The minimum atomic E-state index is -3.79. The van der Waals surface area contributed by atoms with Crippen LogP contribution in [-0.4, -0.2) is 63.4 Å². The first kappa shape index (κ1) is 32.8. The average molecular weight is 656 g/mol. The molecule has 0 atom stereocenters. The summed E-state index contributed by atoms with van der Waals surface area (Å²) < 4.78 is 41.9. The van der Waals surface area contributed by atoms with E-state index in [1.54, 1.807) is 27.0 Å². The number of ether oxygens (including phenoxy) is 2. The second kappa shape index (κ2) is 13.6. The van der Waals surface area contributed by atoms with Crippen LogP contribution in [0.1, 0.15) is 78.9 Å². The Balaban J connectivity index is 1.57. The molecular formula is C38H45N3O5S. The highest BCUT2D eigenvalue weighted by Crippen LogP contribution is 2.48. The molecule has 1 aromatic heterocycles. The topological polar surface area (TPSA) is 89.9 Å². The molecule has 2 aliphatic rings. The van der Waals surface area contributed by atoms with Crippen LogP contribution in [0.3, 0.4) is 0 Å². The fraction of sp³-hybridized carbons (Fsp3) is 0.395. The number of aromatic nitrogens is 1. The van der Waals surface area contributed by atoms with Crippen molar-refractivity contribution in [2.24, 2.45) is 0 Å². The second-order valence-corrected chi connectivity index (χ2v) is 15.4. The lowest BCUT2D eigenvalue weighted by atomic mass is 9.81. The van der Waals surface area contributed by atoms with Gasteiger partial charge in [-0.15, -0.1) is 0 Å². The molecule has 1 amide bonds. The van der Waals surface area contributed by atoms with Gasteiger partial charge in [0.15, 0.2) is 0 Å². The van der Waals surface area contributed by atoms with E-state index in [9.17, 15) is 13.2 Å². The number of fused-ring (bicyclic) bond motifs is 5. The van der Waals surface area contributed by atoms with Crippen molar-refractivity contribution in [2.75, 3.05) is 34.4 Å². The van der Waals surface area contributed by atoms with Crippen LogP contribution in [0.4, 0.5) is 0 Å². The Morgan fingerprint density at radius 1 is 1.00 bits per heavy atom. The first-order chi connectivity index (χ1) is 22.6. The maximum atomic E-state index is 13.4. The Morgan fingerprint density at radius 2 is 1.77 bits per heavy atom. The monoisotopic (exact) mass is 655 g/mol. The fourth-order valence-corrected chi connectivity index (χ4v) is 7.46. The predicted octanol–water partition coefficient (Wildman–Crippen LogP) is 7.33. The molecule has 1 N–H and O–H groups in total. The highest BCUT2D eigenvalue weighted by molar-refractivity contribution is 7.90. The summed E-state index contributed by atoms with van der Waals surface area (Å²) in [6, 6.07) is 20.0. The lowest BCUT2D eigenvalue weighted by Gasteiger charge is -2.24. The fourth-order valence-electron chi connectivity index (χ4n) is 6.85. The zero-order chi connectivity index (χ0) is 33.3. The van der Waals surface area contributed by atoms with Gasteiger partial charge in [0.25, 0.3) is 5.91 Å². The predicted molar refractivity (Wildman–Crippen MR) is 190 cm³/mol. The van der Waals surface area contributed by atoms with E-state index in [2.05, 4.69) is 38.5 Å². The SMILES string of the molecule is COc1ccc2c(c1)C=C(c1ccccc1OCCN(C)C)Cn1c-2c(C2CCCCC2)c2ccc(C(=O)NS(=O)(=O)C(C)C)cc21. The minimum absolute atomic E-state index is 0.314. The summed E-state index contributed by atoms with van der Waals surface area (Å²) in [4.78, 5) is 15.5. The maximum absolute atomic E-state index is 13.4. The number of carbonyl (C=O) groups is 1. The van der Waals surface area contributed by atoms with E-state index in [4.69, 9.17) is 9.47 Å². The van der Waals surface area contributed by atoms with E-state index >= 15 is 0 Å². The zero-order valence-corrected chi connectivity index (χ0v) is 28.8. The molecule has 4 aromatic rings. The molecule has 47 heavy (non-hydrogen) atoms. The molecule has 9 heteroatoms. The Labute approximate surface area is 278 Å². The summed E-state index contributed by atoms with van der Waals surface area (Å²) in [7, 11) is 1.96. The van der Waals surface area contributed by atoms with Crippen molar-refractivity contribution in [1.82, 2.24) is 14.2 Å². The van der Waals surface area contributed by atoms with Crippen molar-refractivity contribution >= 4 is 38.5 Å². The molecule has 1 saturated carbocycles. The molecule has 0 radical (unpaired) electrons. The molecule has 3 aromatic carbocycles. The van der Waals surface area contributed by atoms with Gasteiger partial charge < -0.3 is 18.9 Å². The van der Waals surface area contributed by atoms with Crippen LogP contribution in [-0.2, 0) is 16.6 Å². The van der Waals surface area contributed by atoms with Crippen molar-refractivity contribution in [3.63, 3.8) is 0 Å². The van der Waals surface area contributed by atoms with E-state index in [-0.39, 0.29) is 0 Å². The van der Waals surface area contributed by atoms with E-state index in [1.165, 1.54) is 24.8 Å². The number of nitrogens with one attached hydrogen (secondary N) is 1. The summed E-state index contributed by atoms with van der Waals surface area (Å²) >= 11 is 0. The number of hydrogen-bond donors (Lipinski definition) is 1. The van der Waals surface area contributed by atoms with Crippen LogP contribution < -0.4 is 14.2 Å². The lowest BCUT2D eigenvalue weighted by molar-refractivity contribution is 0.0981. The smallest absolute Gasteiger partial charge is 0.264 e. The maximum Gasteiger partial charge on any atom is 0.264 e. The third-order valence-electron chi connectivity index (χ3n) is 9.44. The molecule has 1 fully saturated rings. The summed E-state index contributed by atoms with van der Waals surface area (Å²) in [6.45, 7) is 5.01. The number of rotatable bonds is 10. The summed E-state index contributed by atoms with van der Waals surface area (Å²) in [5, 5.41) is 0.382. The number of methoxy groups -OCH3 is 1. The highest BCUT2D eigenvalue weighted by atomic mass is 32.2. The van der Waals surface area contributed by atoms with Gasteiger partial charge in [-0.2, -0.15) is 0 Å². The Kier molecular flexibility index (Phi) is 9.48. The Hall–Kier alpha value is -4.08. The first-order valence-corrected chi connectivity index (χ1v) is 18.1. The molecule has 0 spiro atoms. The Bertz CT molecular complexity index is 1930. The van der Waals surface area contributed by atoms with E-state index < -0.39 is 21.2 Å². The number of amides is 1. The number of likely N-dealkylation sites (N-methyl/N-ethyl adjacent to an activating group) is 1. The summed E-state index contributed by atoms with van der Waals surface area (Å²) in [6.07, 6.45) is 8.05. The largest absolute Gasteiger partial charge is 0.497 e. The number of allylic oxidation sites excluding steroid dienone is 1. The van der Waals surface area contributed by atoms with Crippen LogP contribution in [0.15, 0.2) is 60.7 Å². The summed E-state index contributed by atoms with van der Waals surface area (Å²) in [5.41, 5.74) is 7.92. The van der Waals surface area contributed by atoms with Crippen LogP contribution >= 0.6 is 0 Å². The Morgan fingerprint density at radius 3 is 2.49 bits per heavy atom. The number of carbonyl (C=O) groups excluding carboxylic acids is 1.